The van der Waals surface area contributed by atoms with Crippen LogP contribution < -0.4 is 11.1 Å². The Bertz CT molecular complexity index is 693. The number of amides is 1. The lowest BCUT2D eigenvalue weighted by Crippen LogP contribution is -2.29. The Morgan fingerprint density at radius 1 is 1.36 bits per heavy atom. The molecule has 2 aromatic rings. The number of carbonyl (C=O) groups is 1. The molecule has 138 valence electrons. The van der Waals surface area contributed by atoms with Crippen LogP contribution in [0.2, 0.25) is 0 Å². The number of imidazole rings is 1. The van der Waals surface area contributed by atoms with Crippen molar-refractivity contribution < 1.29 is 9.53 Å². The molecule has 3 N–H and O–H groups in total. The van der Waals surface area contributed by atoms with E-state index in [0.29, 0.717) is 18.5 Å². The molecule has 1 amide bonds. The number of anilines is 1. The van der Waals surface area contributed by atoms with Gasteiger partial charge in [0.15, 0.2) is 0 Å². The van der Waals surface area contributed by atoms with Crippen molar-refractivity contribution in [3.8, 4) is 0 Å². The highest BCUT2D eigenvalue weighted by Gasteiger charge is 2.23. The average molecular weight is 367 g/mol. The van der Waals surface area contributed by atoms with E-state index in [1.807, 2.05) is 18.2 Å². The van der Waals surface area contributed by atoms with E-state index in [9.17, 15) is 4.79 Å². The normalized spacial score (nSPS) is 16.4. The van der Waals surface area contributed by atoms with E-state index >= 15 is 0 Å². The highest BCUT2D eigenvalue weighted by atomic mass is 35.5. The number of carbonyl (C=O) groups excluding carboxylic acids is 1. The van der Waals surface area contributed by atoms with Crippen LogP contribution in [0.5, 0.6) is 0 Å². The van der Waals surface area contributed by atoms with E-state index < -0.39 is 0 Å². The van der Waals surface area contributed by atoms with E-state index in [4.69, 9.17) is 10.5 Å². The number of nitrogens with one attached hydrogen (secondary N) is 1. The largest absolute Gasteiger partial charge is 0.380 e. The van der Waals surface area contributed by atoms with Gasteiger partial charge < -0.3 is 15.0 Å². The molecule has 0 bridgehead atoms. The van der Waals surface area contributed by atoms with Gasteiger partial charge >= 0.3 is 0 Å². The van der Waals surface area contributed by atoms with Gasteiger partial charge in [0.05, 0.1) is 23.6 Å². The number of nitrogens with zero attached hydrogens (tertiary/aromatic N) is 2. The van der Waals surface area contributed by atoms with E-state index in [0.717, 1.165) is 23.9 Å². The maximum Gasteiger partial charge on any atom is 0.229 e. The quantitative estimate of drug-likeness (QED) is 0.822. The number of halogens is 1. The molecule has 1 atom stereocenters. The molecule has 1 heterocycles. The van der Waals surface area contributed by atoms with Crippen molar-refractivity contribution in [3.05, 3.63) is 24.3 Å². The molecule has 1 fully saturated rings. The molecule has 0 radical (unpaired) electrons. The van der Waals surface area contributed by atoms with Crippen molar-refractivity contribution >= 4 is 35.3 Å². The smallest absolute Gasteiger partial charge is 0.229 e. The van der Waals surface area contributed by atoms with Gasteiger partial charge in [0.1, 0.15) is 0 Å². The summed E-state index contributed by atoms with van der Waals surface area (Å²) in [4.78, 5) is 17.0. The predicted molar refractivity (Wildman–Crippen MR) is 102 cm³/mol. The summed E-state index contributed by atoms with van der Waals surface area (Å²) in [5, 5.41) is 2.97. The van der Waals surface area contributed by atoms with Gasteiger partial charge in [-0.05, 0) is 25.0 Å². The molecular formula is C18H27ClN4O2. The predicted octanol–water partition coefficient (Wildman–Crippen LogP) is 3.27. The van der Waals surface area contributed by atoms with Crippen LogP contribution in [0.25, 0.3) is 11.0 Å². The van der Waals surface area contributed by atoms with E-state index in [2.05, 4.69) is 20.9 Å². The Hall–Kier alpha value is -1.63. The van der Waals surface area contributed by atoms with Crippen LogP contribution in [0.4, 0.5) is 5.95 Å². The van der Waals surface area contributed by atoms with Crippen molar-refractivity contribution in [1.82, 2.24) is 9.55 Å². The highest BCUT2D eigenvalue weighted by molar-refractivity contribution is 5.92. The molecule has 0 spiro atoms. The van der Waals surface area contributed by atoms with Crippen molar-refractivity contribution in [1.29, 1.82) is 0 Å². The zero-order valence-corrected chi connectivity index (χ0v) is 15.4. The van der Waals surface area contributed by atoms with Crippen LogP contribution in [0.3, 0.4) is 0 Å². The van der Waals surface area contributed by atoms with Crippen LogP contribution in [-0.4, -0.2) is 35.2 Å². The second-order valence-electron chi connectivity index (χ2n) is 6.43. The third-order valence-electron chi connectivity index (χ3n) is 4.80. The zero-order chi connectivity index (χ0) is 16.9. The lowest BCUT2D eigenvalue weighted by molar-refractivity contribution is -0.118. The Balaban J connectivity index is 0.00000225. The number of benzene rings is 1. The zero-order valence-electron chi connectivity index (χ0n) is 14.6. The monoisotopic (exact) mass is 366 g/mol. The Morgan fingerprint density at radius 2 is 2.08 bits per heavy atom. The molecule has 0 saturated heterocycles. The van der Waals surface area contributed by atoms with Gasteiger partial charge in [0.25, 0.3) is 0 Å². The summed E-state index contributed by atoms with van der Waals surface area (Å²) in [7, 11) is 1.57. The number of rotatable bonds is 6. The van der Waals surface area contributed by atoms with Crippen molar-refractivity contribution in [3.63, 3.8) is 0 Å². The van der Waals surface area contributed by atoms with Crippen molar-refractivity contribution in [2.75, 3.05) is 19.0 Å². The molecule has 6 nitrogen and oxygen atoms in total. The standard InChI is InChI=1S/C18H26N4O2.ClH/c1-24-14(12-19)11-17(23)21-18-20-15-9-5-6-10-16(15)22(18)13-7-3-2-4-8-13;/h5-6,9-10,13-14H,2-4,7-8,11-12,19H2,1H3,(H,20,21,23);1H. The minimum Gasteiger partial charge on any atom is -0.380 e. The number of fused-ring (bicyclic) bond motifs is 1. The van der Waals surface area contributed by atoms with E-state index in [1.54, 1.807) is 7.11 Å². The van der Waals surface area contributed by atoms with Crippen molar-refractivity contribution in [2.45, 2.75) is 50.7 Å². The fourth-order valence-corrected chi connectivity index (χ4v) is 3.49. The fourth-order valence-electron chi connectivity index (χ4n) is 3.49. The molecule has 1 aliphatic carbocycles. The second-order valence-corrected chi connectivity index (χ2v) is 6.43. The SMILES string of the molecule is COC(CN)CC(=O)Nc1nc2ccccc2n1C1CCCCC1.Cl. The summed E-state index contributed by atoms with van der Waals surface area (Å²) in [5.74, 6) is 0.527. The Morgan fingerprint density at radius 3 is 2.76 bits per heavy atom. The average Bonchev–Trinajstić information content (AvgIpc) is 2.98. The molecule has 1 aromatic heterocycles. The molecule has 1 unspecified atom stereocenters. The maximum atomic E-state index is 12.4. The van der Waals surface area contributed by atoms with Gasteiger partial charge in [0.2, 0.25) is 11.9 Å². The fraction of sp³-hybridized carbons (Fsp3) is 0.556. The number of hydrogen-bond donors (Lipinski definition) is 2. The minimum absolute atomic E-state index is 0. The van der Waals surface area contributed by atoms with E-state index in [1.165, 1.54) is 19.3 Å². The third kappa shape index (κ3) is 4.51. The summed E-state index contributed by atoms with van der Waals surface area (Å²) in [6.45, 7) is 0.322. The van der Waals surface area contributed by atoms with Gasteiger partial charge in [-0.3, -0.25) is 10.1 Å². The van der Waals surface area contributed by atoms with Crippen LogP contribution in [0.1, 0.15) is 44.6 Å². The molecule has 25 heavy (non-hydrogen) atoms. The Labute approximate surface area is 154 Å². The summed E-state index contributed by atoms with van der Waals surface area (Å²) in [6.07, 6.45) is 5.97. The maximum absolute atomic E-state index is 12.4. The molecule has 1 aromatic carbocycles. The third-order valence-corrected chi connectivity index (χ3v) is 4.80. The molecule has 1 aliphatic rings. The number of ether oxygens (including phenoxy) is 1. The number of hydrogen-bond acceptors (Lipinski definition) is 4. The van der Waals surface area contributed by atoms with E-state index in [-0.39, 0.29) is 30.8 Å². The number of para-hydroxylation sites is 2. The number of methoxy groups -OCH3 is 1. The molecule has 1 saturated carbocycles. The first-order valence-corrected chi connectivity index (χ1v) is 8.72. The van der Waals surface area contributed by atoms with Gasteiger partial charge in [-0.2, -0.15) is 0 Å². The van der Waals surface area contributed by atoms with Crippen LogP contribution >= 0.6 is 12.4 Å². The lowest BCUT2D eigenvalue weighted by atomic mass is 9.95. The van der Waals surface area contributed by atoms with Gasteiger partial charge in [0, 0.05) is 19.7 Å². The van der Waals surface area contributed by atoms with Crippen LogP contribution in [0.15, 0.2) is 24.3 Å². The molecular weight excluding hydrogens is 340 g/mol. The minimum atomic E-state index is -0.266. The van der Waals surface area contributed by atoms with Gasteiger partial charge in [-0.1, -0.05) is 31.4 Å². The number of aromatic nitrogens is 2. The summed E-state index contributed by atoms with van der Waals surface area (Å²) in [6, 6.07) is 8.45. The van der Waals surface area contributed by atoms with Crippen LogP contribution in [-0.2, 0) is 9.53 Å². The number of nitrogens with two attached hydrogens (primary N) is 1. The second kappa shape index (κ2) is 9.17. The first-order chi connectivity index (χ1) is 11.7. The highest BCUT2D eigenvalue weighted by Crippen LogP contribution is 2.34. The van der Waals surface area contributed by atoms with Gasteiger partial charge in [-0.15, -0.1) is 12.4 Å². The molecule has 7 heteroatoms. The summed E-state index contributed by atoms with van der Waals surface area (Å²) < 4.78 is 7.41. The molecule has 3 rings (SSSR count). The summed E-state index contributed by atoms with van der Waals surface area (Å²) in [5.41, 5.74) is 7.61. The first kappa shape index (κ1) is 19.7. The topological polar surface area (TPSA) is 82.2 Å². The Kier molecular flexibility index (Phi) is 7.23. The van der Waals surface area contributed by atoms with Crippen molar-refractivity contribution in [2.24, 2.45) is 5.73 Å². The lowest BCUT2D eigenvalue weighted by Gasteiger charge is -2.25. The van der Waals surface area contributed by atoms with Crippen LogP contribution in [0, 0.1) is 0 Å². The molecule has 0 aliphatic heterocycles. The first-order valence-electron chi connectivity index (χ1n) is 8.72. The van der Waals surface area contributed by atoms with Gasteiger partial charge in [-0.25, -0.2) is 4.98 Å². The summed E-state index contributed by atoms with van der Waals surface area (Å²) >= 11 is 0.